The van der Waals surface area contributed by atoms with Gasteiger partial charge < -0.3 is 14.4 Å². The van der Waals surface area contributed by atoms with Crippen LogP contribution in [-0.2, 0) is 9.47 Å². The minimum atomic E-state index is -0.155. The highest BCUT2D eigenvalue weighted by molar-refractivity contribution is 5.67. The maximum atomic E-state index is 12.0. The van der Waals surface area contributed by atoms with E-state index in [1.807, 2.05) is 4.90 Å². The lowest BCUT2D eigenvalue weighted by molar-refractivity contribution is -0.0353. The number of likely N-dealkylation sites (tertiary alicyclic amines) is 1. The molecule has 5 heteroatoms. The van der Waals surface area contributed by atoms with Gasteiger partial charge in [0.25, 0.3) is 0 Å². The fraction of sp³-hybridized carbons (Fsp3) is 0.632. The fourth-order valence-corrected chi connectivity index (χ4v) is 3.32. The Balaban J connectivity index is 1.42. The standard InChI is InChI=1S/C19H28N2O3/c1-16-5-7-17(8-6-16)18-15-20(11-13-23-18)12-14-24-19(22)21-9-3-2-4-10-21/h5-8,18H,2-4,9-15H2,1H3/t18-/m0/s1. The lowest BCUT2D eigenvalue weighted by Gasteiger charge is -2.33. The molecule has 2 aliphatic heterocycles. The molecule has 5 nitrogen and oxygen atoms in total. The first-order valence-electron chi connectivity index (χ1n) is 9.04. The summed E-state index contributed by atoms with van der Waals surface area (Å²) >= 11 is 0. The first-order chi connectivity index (χ1) is 11.7. The third-order valence-electron chi connectivity index (χ3n) is 4.85. The third kappa shape index (κ3) is 4.71. The number of carbonyl (C=O) groups excluding carboxylic acids is 1. The smallest absolute Gasteiger partial charge is 0.409 e. The normalized spacial score (nSPS) is 22.4. The largest absolute Gasteiger partial charge is 0.448 e. The van der Waals surface area contributed by atoms with E-state index < -0.39 is 0 Å². The number of nitrogens with zero attached hydrogens (tertiary/aromatic N) is 2. The zero-order valence-corrected chi connectivity index (χ0v) is 14.6. The second kappa shape index (κ2) is 8.49. The molecule has 0 aliphatic carbocycles. The Labute approximate surface area is 144 Å². The quantitative estimate of drug-likeness (QED) is 0.850. The molecule has 0 N–H and O–H groups in total. The first kappa shape index (κ1) is 17.2. The lowest BCUT2D eigenvalue weighted by Crippen LogP contribution is -2.41. The van der Waals surface area contributed by atoms with Crippen LogP contribution in [0.5, 0.6) is 0 Å². The first-order valence-corrected chi connectivity index (χ1v) is 9.04. The molecular formula is C19H28N2O3. The van der Waals surface area contributed by atoms with Crippen molar-refractivity contribution in [2.75, 3.05) is 45.9 Å². The number of hydrogen-bond donors (Lipinski definition) is 0. The number of hydrogen-bond acceptors (Lipinski definition) is 4. The van der Waals surface area contributed by atoms with Crippen LogP contribution >= 0.6 is 0 Å². The van der Waals surface area contributed by atoms with Gasteiger partial charge in [-0.3, -0.25) is 4.90 Å². The third-order valence-corrected chi connectivity index (χ3v) is 4.85. The van der Waals surface area contributed by atoms with Crippen molar-refractivity contribution in [2.45, 2.75) is 32.3 Å². The molecule has 2 heterocycles. The van der Waals surface area contributed by atoms with Gasteiger partial charge in [-0.1, -0.05) is 29.8 Å². The number of amides is 1. The molecule has 2 fully saturated rings. The van der Waals surface area contributed by atoms with Gasteiger partial charge in [-0.05, 0) is 31.7 Å². The van der Waals surface area contributed by atoms with Crippen molar-refractivity contribution in [2.24, 2.45) is 0 Å². The molecule has 0 saturated carbocycles. The summed E-state index contributed by atoms with van der Waals surface area (Å²) in [5.74, 6) is 0. The average Bonchev–Trinajstić information content (AvgIpc) is 2.63. The SMILES string of the molecule is Cc1ccc([C@@H]2CN(CCOC(=O)N3CCCCC3)CCO2)cc1. The number of piperidine rings is 1. The van der Waals surface area contributed by atoms with Gasteiger partial charge in [0.05, 0.1) is 12.7 Å². The lowest BCUT2D eigenvalue weighted by atomic mass is 10.1. The van der Waals surface area contributed by atoms with E-state index in [0.29, 0.717) is 6.61 Å². The van der Waals surface area contributed by atoms with Crippen LogP contribution in [0.4, 0.5) is 4.79 Å². The molecule has 0 spiro atoms. The maximum Gasteiger partial charge on any atom is 0.409 e. The van der Waals surface area contributed by atoms with Gasteiger partial charge >= 0.3 is 6.09 Å². The van der Waals surface area contributed by atoms with Gasteiger partial charge in [0.1, 0.15) is 6.61 Å². The van der Waals surface area contributed by atoms with Crippen molar-refractivity contribution < 1.29 is 14.3 Å². The van der Waals surface area contributed by atoms with Crippen molar-refractivity contribution in [3.63, 3.8) is 0 Å². The van der Waals surface area contributed by atoms with Gasteiger partial charge in [0.2, 0.25) is 0 Å². The number of aryl methyl sites for hydroxylation is 1. The summed E-state index contributed by atoms with van der Waals surface area (Å²) in [6.07, 6.45) is 3.36. The van der Waals surface area contributed by atoms with Crippen LogP contribution in [0, 0.1) is 6.92 Å². The Morgan fingerprint density at radius 1 is 1.17 bits per heavy atom. The summed E-state index contributed by atoms with van der Waals surface area (Å²) < 4.78 is 11.3. The summed E-state index contributed by atoms with van der Waals surface area (Å²) in [6, 6.07) is 8.52. The van der Waals surface area contributed by atoms with Crippen molar-refractivity contribution in [3.05, 3.63) is 35.4 Å². The predicted octanol–water partition coefficient (Wildman–Crippen LogP) is 2.99. The van der Waals surface area contributed by atoms with Crippen molar-refractivity contribution in [1.82, 2.24) is 9.80 Å². The van der Waals surface area contributed by atoms with Crippen LogP contribution in [0.3, 0.4) is 0 Å². The fourth-order valence-electron chi connectivity index (χ4n) is 3.32. The highest BCUT2D eigenvalue weighted by Crippen LogP contribution is 2.22. The molecule has 24 heavy (non-hydrogen) atoms. The van der Waals surface area contributed by atoms with E-state index >= 15 is 0 Å². The molecule has 3 rings (SSSR count). The summed E-state index contributed by atoms with van der Waals surface area (Å²) in [6.45, 7) is 7.46. The van der Waals surface area contributed by atoms with Gasteiger partial charge in [-0.15, -0.1) is 0 Å². The van der Waals surface area contributed by atoms with E-state index in [2.05, 4.69) is 36.1 Å². The Bertz CT molecular complexity index is 526. The van der Waals surface area contributed by atoms with Gasteiger partial charge in [0.15, 0.2) is 0 Å². The molecule has 0 aromatic heterocycles. The Hall–Kier alpha value is -1.59. The maximum absolute atomic E-state index is 12.0. The molecule has 2 aliphatic rings. The van der Waals surface area contributed by atoms with E-state index in [1.165, 1.54) is 17.5 Å². The van der Waals surface area contributed by atoms with Gasteiger partial charge in [-0.2, -0.15) is 0 Å². The number of rotatable bonds is 4. The number of morpholine rings is 1. The monoisotopic (exact) mass is 332 g/mol. The summed E-state index contributed by atoms with van der Waals surface area (Å²) in [4.78, 5) is 16.2. The van der Waals surface area contributed by atoms with Crippen molar-refractivity contribution in [3.8, 4) is 0 Å². The Kier molecular flexibility index (Phi) is 6.10. The molecule has 1 aromatic carbocycles. The molecular weight excluding hydrogens is 304 g/mol. The highest BCUT2D eigenvalue weighted by atomic mass is 16.6. The predicted molar refractivity (Wildman–Crippen MR) is 93.1 cm³/mol. The van der Waals surface area contributed by atoms with E-state index in [-0.39, 0.29) is 12.2 Å². The van der Waals surface area contributed by atoms with E-state index in [0.717, 1.165) is 52.2 Å². The Morgan fingerprint density at radius 3 is 2.67 bits per heavy atom. The molecule has 0 radical (unpaired) electrons. The zero-order valence-electron chi connectivity index (χ0n) is 14.6. The zero-order chi connectivity index (χ0) is 16.8. The Morgan fingerprint density at radius 2 is 1.92 bits per heavy atom. The second-order valence-electron chi connectivity index (χ2n) is 6.73. The van der Waals surface area contributed by atoms with E-state index in [1.54, 1.807) is 0 Å². The molecule has 2 saturated heterocycles. The van der Waals surface area contributed by atoms with Crippen LogP contribution in [0.15, 0.2) is 24.3 Å². The molecule has 1 amide bonds. The molecule has 1 aromatic rings. The topological polar surface area (TPSA) is 42.0 Å². The minimum absolute atomic E-state index is 0.108. The van der Waals surface area contributed by atoms with Crippen LogP contribution in [0.2, 0.25) is 0 Å². The molecule has 1 atom stereocenters. The van der Waals surface area contributed by atoms with Crippen LogP contribution in [0.25, 0.3) is 0 Å². The van der Waals surface area contributed by atoms with E-state index in [4.69, 9.17) is 9.47 Å². The van der Waals surface area contributed by atoms with Gasteiger partial charge in [0, 0.05) is 32.7 Å². The summed E-state index contributed by atoms with van der Waals surface area (Å²) in [5.41, 5.74) is 2.48. The number of carbonyl (C=O) groups is 1. The molecule has 0 bridgehead atoms. The van der Waals surface area contributed by atoms with Crippen LogP contribution in [-0.4, -0.2) is 61.8 Å². The average molecular weight is 332 g/mol. The molecule has 132 valence electrons. The highest BCUT2D eigenvalue weighted by Gasteiger charge is 2.22. The van der Waals surface area contributed by atoms with Gasteiger partial charge in [-0.25, -0.2) is 4.79 Å². The minimum Gasteiger partial charge on any atom is -0.448 e. The van der Waals surface area contributed by atoms with Crippen LogP contribution < -0.4 is 0 Å². The number of ether oxygens (including phenoxy) is 2. The number of benzene rings is 1. The summed E-state index contributed by atoms with van der Waals surface area (Å²) in [5, 5.41) is 0. The van der Waals surface area contributed by atoms with E-state index in [9.17, 15) is 4.79 Å². The second-order valence-corrected chi connectivity index (χ2v) is 6.73. The van der Waals surface area contributed by atoms with Crippen molar-refractivity contribution >= 4 is 6.09 Å². The molecule has 0 unspecified atom stereocenters. The van der Waals surface area contributed by atoms with Crippen LogP contribution in [0.1, 0.15) is 36.5 Å². The van der Waals surface area contributed by atoms with Crippen molar-refractivity contribution in [1.29, 1.82) is 0 Å². The summed E-state index contributed by atoms with van der Waals surface area (Å²) in [7, 11) is 0.